The van der Waals surface area contributed by atoms with Crippen LogP contribution in [0.1, 0.15) is 0 Å². The van der Waals surface area contributed by atoms with Gasteiger partial charge in [0.15, 0.2) is 0 Å². The molecule has 0 amide bonds. The SMILES string of the molecule is O=C=[P+]([O-])[O][Al]([O][P+]([O-])=C=O)[O][P+]([O-])=C=O. The molecule has 0 rings (SSSR count). The molecular formula is C3AlO9P3. The Bertz CT molecular complexity index is 340. The quantitative estimate of drug-likeness (QED) is 0.375. The molecule has 9 nitrogen and oxygen atoms in total. The fourth-order valence-electron chi connectivity index (χ4n) is 0.357. The predicted octanol–water partition coefficient (Wildman–Crippen LogP) is -2.76. The van der Waals surface area contributed by atoms with Crippen molar-refractivity contribution >= 4 is 56.1 Å². The molecule has 3 atom stereocenters. The van der Waals surface area contributed by atoms with Gasteiger partial charge in [-0.3, -0.25) is 0 Å². The Hall–Kier alpha value is -0.0675. The molecule has 13 heteroatoms. The molecule has 0 saturated heterocycles. The Kier molecular flexibility index (Phi) is 8.98. The van der Waals surface area contributed by atoms with E-state index in [0.717, 1.165) is 17.0 Å². The summed E-state index contributed by atoms with van der Waals surface area (Å²) >= 11 is -3.60. The van der Waals surface area contributed by atoms with Crippen LogP contribution in [-0.4, -0.2) is 32.1 Å². The summed E-state index contributed by atoms with van der Waals surface area (Å²) < 4.78 is 12.6. The van der Waals surface area contributed by atoms with Crippen molar-refractivity contribution in [3.8, 4) is 0 Å². The predicted molar refractivity (Wildman–Crippen MR) is 46.8 cm³/mol. The summed E-state index contributed by atoms with van der Waals surface area (Å²) in [6.45, 7) is 0. The third-order valence-corrected chi connectivity index (χ3v) is 5.58. The third-order valence-electron chi connectivity index (χ3n) is 0.769. The fourth-order valence-corrected chi connectivity index (χ4v) is 4.25. The molecule has 0 radical (unpaired) electrons. The molecule has 0 N–H and O–H groups in total. The second-order valence-corrected chi connectivity index (χ2v) is 6.85. The maximum absolute atomic E-state index is 10.6. The molecule has 0 saturated carbocycles. The number of rotatable bonds is 6. The summed E-state index contributed by atoms with van der Waals surface area (Å²) in [5.41, 5.74) is 2.71. The molecule has 0 aromatic carbocycles. The van der Waals surface area contributed by atoms with Crippen molar-refractivity contribution < 1.29 is 39.8 Å². The van der Waals surface area contributed by atoms with E-state index in [1.165, 1.54) is 0 Å². The van der Waals surface area contributed by atoms with Crippen LogP contribution in [0.15, 0.2) is 0 Å². The van der Waals surface area contributed by atoms with E-state index in [4.69, 9.17) is 0 Å². The topological polar surface area (TPSA) is 148 Å². The molecule has 0 spiro atoms. The molecular weight excluding hydrogens is 300 g/mol. The summed E-state index contributed by atoms with van der Waals surface area (Å²) in [6.07, 6.45) is 0. The third kappa shape index (κ3) is 7.25. The van der Waals surface area contributed by atoms with Gasteiger partial charge in [-0.2, -0.15) is 14.4 Å². The van der Waals surface area contributed by atoms with Gasteiger partial charge in [-0.15, -0.1) is 0 Å². The first kappa shape index (κ1) is 15.9. The minimum absolute atomic E-state index is 0.903. The first-order valence-corrected chi connectivity index (χ1v) is 8.03. The number of hydrogen-bond donors (Lipinski definition) is 0. The highest BCUT2D eigenvalue weighted by molar-refractivity contribution is 7.48. The van der Waals surface area contributed by atoms with Gasteiger partial charge in [-0.1, -0.05) is 0 Å². The Morgan fingerprint density at radius 3 is 1.19 bits per heavy atom. The zero-order valence-electron chi connectivity index (χ0n) is 7.09. The van der Waals surface area contributed by atoms with Crippen molar-refractivity contribution in [1.82, 2.24) is 0 Å². The van der Waals surface area contributed by atoms with Crippen LogP contribution in [0.2, 0.25) is 0 Å². The van der Waals surface area contributed by atoms with Crippen LogP contribution in [0.5, 0.6) is 0 Å². The van der Waals surface area contributed by atoms with Crippen LogP contribution in [0.4, 0.5) is 0 Å². The number of carbonyl (C=O) groups excluding carboxylic acids is 3. The fraction of sp³-hybridized carbons (Fsp3) is 0. The summed E-state index contributed by atoms with van der Waals surface area (Å²) in [4.78, 5) is 61.1. The van der Waals surface area contributed by atoms with Gasteiger partial charge in [0.25, 0.3) is 24.0 Å². The molecule has 0 bridgehead atoms. The lowest BCUT2D eigenvalue weighted by molar-refractivity contribution is -0.174. The van der Waals surface area contributed by atoms with Crippen molar-refractivity contribution in [2.75, 3.05) is 0 Å². The van der Waals surface area contributed by atoms with Crippen LogP contribution in [0.3, 0.4) is 0 Å². The van der Waals surface area contributed by atoms with E-state index in [1.54, 1.807) is 0 Å². The highest BCUT2D eigenvalue weighted by Crippen LogP contribution is 2.24. The second kappa shape index (κ2) is 9.01. The van der Waals surface area contributed by atoms with E-state index in [1.807, 2.05) is 0 Å². The van der Waals surface area contributed by atoms with Gasteiger partial charge in [-0.25, -0.2) is 10.7 Å². The van der Waals surface area contributed by atoms with Crippen LogP contribution in [0, 0.1) is 0 Å². The molecule has 0 aliphatic heterocycles. The largest absolute Gasteiger partial charge is 1.04 e. The Morgan fingerprint density at radius 2 is 1.00 bits per heavy atom. The van der Waals surface area contributed by atoms with Crippen molar-refractivity contribution in [2.45, 2.75) is 0 Å². The standard InChI is InChI=1S/3CHO3P.Al/c3*2-1-5(3)4;/h3*(H,3,4);/q;;;+3/p-3. The minimum Gasteiger partial charge on any atom is -0.595 e. The van der Waals surface area contributed by atoms with Crippen LogP contribution >= 0.6 is 24.0 Å². The van der Waals surface area contributed by atoms with Gasteiger partial charge in [-0.05, 0) is 0 Å². The summed E-state index contributed by atoms with van der Waals surface area (Å²) in [5, 5.41) is 0. The molecule has 0 aliphatic rings. The average Bonchev–Trinajstić information content (AvgIpc) is 2.28. The maximum atomic E-state index is 10.6. The zero-order chi connectivity index (χ0) is 12.6. The molecule has 0 aromatic heterocycles. The molecule has 84 valence electrons. The first-order chi connectivity index (χ1) is 7.53. The maximum Gasteiger partial charge on any atom is 1.04 e. The lowest BCUT2D eigenvalue weighted by Crippen LogP contribution is -2.23. The van der Waals surface area contributed by atoms with Gasteiger partial charge in [0, 0.05) is 0 Å². The zero-order valence-corrected chi connectivity index (χ0v) is 10.9. The molecule has 0 heterocycles. The highest BCUT2D eigenvalue weighted by atomic mass is 31.1. The molecule has 3 unspecified atom stereocenters. The first-order valence-electron chi connectivity index (χ1n) is 3.09. The lowest BCUT2D eigenvalue weighted by atomic mass is 11.9. The van der Waals surface area contributed by atoms with E-state index < -0.39 is 39.1 Å². The van der Waals surface area contributed by atoms with E-state index in [0.29, 0.717) is 0 Å². The monoisotopic (exact) mass is 300 g/mol. The number of hydrogen-bond acceptors (Lipinski definition) is 9. The molecule has 16 heavy (non-hydrogen) atoms. The summed E-state index contributed by atoms with van der Waals surface area (Å²) in [5.74, 6) is 0. The Labute approximate surface area is 96.2 Å². The van der Waals surface area contributed by atoms with E-state index in [9.17, 15) is 29.1 Å². The van der Waals surface area contributed by atoms with Gasteiger partial charge in [0.05, 0.1) is 0 Å². The van der Waals surface area contributed by atoms with Gasteiger partial charge in [0.1, 0.15) is 0 Å². The molecule has 0 aromatic rings. The van der Waals surface area contributed by atoms with Gasteiger partial charge in [0.2, 0.25) is 0 Å². The normalized spacial score (nSPS) is 11.8. The van der Waals surface area contributed by atoms with E-state index >= 15 is 0 Å². The molecule has 0 aliphatic carbocycles. The van der Waals surface area contributed by atoms with Crippen molar-refractivity contribution in [1.29, 1.82) is 0 Å². The van der Waals surface area contributed by atoms with Crippen molar-refractivity contribution in [3.05, 3.63) is 0 Å². The van der Waals surface area contributed by atoms with Crippen LogP contribution in [0.25, 0.3) is 0 Å². The lowest BCUT2D eigenvalue weighted by Gasteiger charge is -1.98. The van der Waals surface area contributed by atoms with Gasteiger partial charge >= 0.3 is 32.1 Å². The Morgan fingerprint density at radius 1 is 0.750 bits per heavy atom. The highest BCUT2D eigenvalue weighted by Gasteiger charge is 2.48. The summed E-state index contributed by atoms with van der Waals surface area (Å²) in [6, 6.07) is 0. The minimum atomic E-state index is -3.60. The molecule has 0 fully saturated rings. The second-order valence-electron chi connectivity index (χ2n) is 1.65. The van der Waals surface area contributed by atoms with Gasteiger partial charge < -0.3 is 14.7 Å². The van der Waals surface area contributed by atoms with Crippen LogP contribution < -0.4 is 14.7 Å². The average molecular weight is 300 g/mol. The van der Waals surface area contributed by atoms with Crippen molar-refractivity contribution in [2.24, 2.45) is 0 Å². The Balaban J connectivity index is 4.69. The van der Waals surface area contributed by atoms with Crippen molar-refractivity contribution in [3.63, 3.8) is 0 Å². The smallest absolute Gasteiger partial charge is 0.595 e. The summed E-state index contributed by atoms with van der Waals surface area (Å²) in [7, 11) is -8.85. The van der Waals surface area contributed by atoms with Crippen LogP contribution in [-0.2, 0) is 25.1 Å². The van der Waals surface area contributed by atoms with E-state index in [2.05, 4.69) is 10.7 Å². The van der Waals surface area contributed by atoms with E-state index in [-0.39, 0.29) is 0 Å².